The van der Waals surface area contributed by atoms with E-state index in [-0.39, 0.29) is 17.9 Å². The molecule has 0 unspecified atom stereocenters. The molecule has 0 spiro atoms. The Morgan fingerprint density at radius 2 is 2.09 bits per heavy atom. The van der Waals surface area contributed by atoms with Crippen molar-refractivity contribution in [1.82, 2.24) is 9.88 Å². The molecule has 0 aromatic carbocycles. The minimum Gasteiger partial charge on any atom is -0.471 e. The molecule has 1 amide bonds. The van der Waals surface area contributed by atoms with Crippen LogP contribution in [0.25, 0.3) is 0 Å². The molecular formula is C14H11F3N2O2S. The number of likely N-dealkylation sites (tertiary alicyclic amines) is 1. The first-order valence-electron chi connectivity index (χ1n) is 6.46. The molecule has 0 bridgehead atoms. The number of hydrogen-bond acceptors (Lipinski definition) is 4. The first-order valence-corrected chi connectivity index (χ1v) is 7.34. The molecule has 4 nitrogen and oxygen atoms in total. The van der Waals surface area contributed by atoms with Crippen molar-refractivity contribution in [2.75, 3.05) is 13.1 Å². The van der Waals surface area contributed by atoms with E-state index < -0.39 is 11.7 Å². The molecular weight excluding hydrogens is 317 g/mol. The summed E-state index contributed by atoms with van der Waals surface area (Å²) in [6.07, 6.45) is -3.91. The topological polar surface area (TPSA) is 42.4 Å². The lowest BCUT2D eigenvalue weighted by atomic mass is 10.1. The van der Waals surface area contributed by atoms with Gasteiger partial charge >= 0.3 is 6.18 Å². The number of aromatic nitrogens is 1. The fourth-order valence-electron chi connectivity index (χ4n) is 2.02. The van der Waals surface area contributed by atoms with Crippen molar-refractivity contribution in [1.29, 1.82) is 0 Å². The first-order chi connectivity index (χ1) is 10.4. The van der Waals surface area contributed by atoms with Gasteiger partial charge in [0.25, 0.3) is 5.91 Å². The molecule has 0 radical (unpaired) electrons. The summed E-state index contributed by atoms with van der Waals surface area (Å²) in [5.41, 5.74) is -0.817. The highest BCUT2D eigenvalue weighted by Crippen LogP contribution is 2.29. The summed E-state index contributed by atoms with van der Waals surface area (Å²) in [5.74, 6) is 0.0662. The van der Waals surface area contributed by atoms with E-state index in [0.717, 1.165) is 12.3 Å². The number of pyridine rings is 1. The van der Waals surface area contributed by atoms with E-state index in [0.29, 0.717) is 18.0 Å². The summed E-state index contributed by atoms with van der Waals surface area (Å²) in [6, 6.07) is 5.67. The molecule has 22 heavy (non-hydrogen) atoms. The van der Waals surface area contributed by atoms with Gasteiger partial charge in [0.05, 0.1) is 23.5 Å². The quantitative estimate of drug-likeness (QED) is 0.870. The van der Waals surface area contributed by atoms with Crippen molar-refractivity contribution in [3.63, 3.8) is 0 Å². The monoisotopic (exact) mass is 328 g/mol. The predicted octanol–water partition coefficient (Wildman–Crippen LogP) is 3.07. The van der Waals surface area contributed by atoms with Crippen molar-refractivity contribution in [2.45, 2.75) is 12.3 Å². The number of hydrogen-bond donors (Lipinski definition) is 0. The highest BCUT2D eigenvalue weighted by Gasteiger charge is 2.34. The summed E-state index contributed by atoms with van der Waals surface area (Å²) in [7, 11) is 0. The standard InChI is InChI=1S/C14H11F3N2O2S/c15-14(16,17)9-3-4-12(18-6-9)21-10-7-19(8-10)13(20)11-2-1-5-22-11/h1-6,10H,7-8H2. The van der Waals surface area contributed by atoms with Crippen LogP contribution in [-0.4, -0.2) is 35.0 Å². The summed E-state index contributed by atoms with van der Waals surface area (Å²) in [4.78, 5) is 17.9. The molecule has 1 saturated heterocycles. The number of thiophene rings is 1. The van der Waals surface area contributed by atoms with E-state index in [2.05, 4.69) is 4.98 Å². The van der Waals surface area contributed by atoms with Crippen LogP contribution in [-0.2, 0) is 6.18 Å². The maximum Gasteiger partial charge on any atom is 0.417 e. The maximum absolute atomic E-state index is 12.4. The molecule has 0 saturated carbocycles. The Morgan fingerprint density at radius 1 is 1.32 bits per heavy atom. The average molecular weight is 328 g/mol. The second-order valence-corrected chi connectivity index (χ2v) is 5.76. The molecule has 2 aromatic heterocycles. The Hall–Kier alpha value is -2.09. The number of carbonyl (C=O) groups is 1. The highest BCUT2D eigenvalue weighted by atomic mass is 32.1. The fraction of sp³-hybridized carbons (Fsp3) is 0.286. The van der Waals surface area contributed by atoms with Crippen molar-refractivity contribution in [3.8, 4) is 5.88 Å². The van der Waals surface area contributed by atoms with Crippen molar-refractivity contribution < 1.29 is 22.7 Å². The van der Waals surface area contributed by atoms with E-state index in [4.69, 9.17) is 4.74 Å². The third-order valence-corrected chi connectivity index (χ3v) is 4.08. The van der Waals surface area contributed by atoms with Crippen LogP contribution < -0.4 is 4.74 Å². The normalized spacial score (nSPS) is 15.5. The SMILES string of the molecule is O=C(c1cccs1)N1CC(Oc2ccc(C(F)(F)F)cn2)C1. The number of nitrogens with zero attached hydrogens (tertiary/aromatic N) is 2. The molecule has 0 atom stereocenters. The van der Waals surface area contributed by atoms with Crippen LogP contribution in [0.2, 0.25) is 0 Å². The van der Waals surface area contributed by atoms with E-state index in [1.807, 2.05) is 5.38 Å². The van der Waals surface area contributed by atoms with Gasteiger partial charge in [-0.25, -0.2) is 4.98 Å². The molecule has 3 heterocycles. The average Bonchev–Trinajstić information content (AvgIpc) is 2.95. The first kappa shape index (κ1) is 14.8. The molecule has 1 aliphatic rings. The summed E-state index contributed by atoms with van der Waals surface area (Å²) >= 11 is 1.37. The van der Waals surface area contributed by atoms with E-state index in [1.165, 1.54) is 17.4 Å². The smallest absolute Gasteiger partial charge is 0.417 e. The van der Waals surface area contributed by atoms with Gasteiger partial charge < -0.3 is 9.64 Å². The minimum atomic E-state index is -4.41. The van der Waals surface area contributed by atoms with Gasteiger partial charge in [0.1, 0.15) is 6.10 Å². The summed E-state index contributed by atoms with van der Waals surface area (Å²) < 4.78 is 42.7. The van der Waals surface area contributed by atoms with Crippen LogP contribution >= 0.6 is 11.3 Å². The molecule has 3 rings (SSSR count). The molecule has 116 valence electrons. The lowest BCUT2D eigenvalue weighted by molar-refractivity contribution is -0.137. The van der Waals surface area contributed by atoms with Gasteiger partial charge in [-0.15, -0.1) is 11.3 Å². The largest absolute Gasteiger partial charge is 0.471 e. The van der Waals surface area contributed by atoms with E-state index >= 15 is 0 Å². The molecule has 8 heteroatoms. The number of halogens is 3. The van der Waals surface area contributed by atoms with Gasteiger partial charge in [-0.05, 0) is 17.5 Å². The van der Waals surface area contributed by atoms with Crippen LogP contribution in [0, 0.1) is 0 Å². The molecule has 0 N–H and O–H groups in total. The summed E-state index contributed by atoms with van der Waals surface area (Å²) in [5, 5.41) is 1.83. The molecule has 1 fully saturated rings. The number of ether oxygens (including phenoxy) is 1. The lowest BCUT2D eigenvalue weighted by Gasteiger charge is -2.38. The Morgan fingerprint density at radius 3 is 2.64 bits per heavy atom. The Bertz CT molecular complexity index is 650. The number of alkyl halides is 3. The number of amides is 1. The second-order valence-electron chi connectivity index (χ2n) is 4.81. The van der Waals surface area contributed by atoms with Crippen molar-refractivity contribution in [3.05, 3.63) is 46.3 Å². The fourth-order valence-corrected chi connectivity index (χ4v) is 2.71. The van der Waals surface area contributed by atoms with Gasteiger partial charge in [0.15, 0.2) is 0 Å². The molecule has 1 aliphatic heterocycles. The highest BCUT2D eigenvalue weighted by molar-refractivity contribution is 7.12. The molecule has 2 aromatic rings. The van der Waals surface area contributed by atoms with Gasteiger partial charge in [-0.1, -0.05) is 6.07 Å². The zero-order valence-electron chi connectivity index (χ0n) is 11.2. The third kappa shape index (κ3) is 3.06. The van der Waals surface area contributed by atoms with Gasteiger partial charge in [-0.2, -0.15) is 13.2 Å². The van der Waals surface area contributed by atoms with Gasteiger partial charge in [-0.3, -0.25) is 4.79 Å². The zero-order chi connectivity index (χ0) is 15.7. The number of carbonyl (C=O) groups excluding carboxylic acids is 1. The van der Waals surface area contributed by atoms with Crippen LogP contribution in [0.5, 0.6) is 5.88 Å². The third-order valence-electron chi connectivity index (χ3n) is 3.22. The van der Waals surface area contributed by atoms with Gasteiger partial charge in [0, 0.05) is 12.3 Å². The van der Waals surface area contributed by atoms with Crippen molar-refractivity contribution in [2.24, 2.45) is 0 Å². The maximum atomic E-state index is 12.4. The Balaban J connectivity index is 1.53. The van der Waals surface area contributed by atoms with Crippen LogP contribution in [0.4, 0.5) is 13.2 Å². The lowest BCUT2D eigenvalue weighted by Crippen LogP contribution is -2.56. The second kappa shape index (κ2) is 5.60. The zero-order valence-corrected chi connectivity index (χ0v) is 12.0. The van der Waals surface area contributed by atoms with Crippen molar-refractivity contribution >= 4 is 17.2 Å². The predicted molar refractivity (Wildman–Crippen MR) is 73.9 cm³/mol. The minimum absolute atomic E-state index is 0.0600. The van der Waals surface area contributed by atoms with Crippen LogP contribution in [0.1, 0.15) is 15.2 Å². The number of rotatable bonds is 3. The Kier molecular flexibility index (Phi) is 3.78. The van der Waals surface area contributed by atoms with Crippen LogP contribution in [0.15, 0.2) is 35.8 Å². The van der Waals surface area contributed by atoms with Gasteiger partial charge in [0.2, 0.25) is 5.88 Å². The summed E-state index contributed by atoms with van der Waals surface area (Å²) in [6.45, 7) is 0.804. The van der Waals surface area contributed by atoms with E-state index in [1.54, 1.807) is 17.0 Å². The van der Waals surface area contributed by atoms with E-state index in [9.17, 15) is 18.0 Å². The Labute approximate surface area is 128 Å². The molecule has 0 aliphatic carbocycles. The van der Waals surface area contributed by atoms with Crippen LogP contribution in [0.3, 0.4) is 0 Å².